The molecule has 0 saturated heterocycles. The van der Waals surface area contributed by atoms with Gasteiger partial charge in [0.05, 0.1) is 16.8 Å². The number of benzene rings is 3. The molecule has 3 aliphatic carbocycles. The van der Waals surface area contributed by atoms with Crippen molar-refractivity contribution in [1.29, 1.82) is 0 Å². The first-order valence-electron chi connectivity index (χ1n) is 16.6. The summed E-state index contributed by atoms with van der Waals surface area (Å²) in [7, 11) is 0. The molecule has 0 atom stereocenters. The number of fused-ring (bicyclic) bond motifs is 2. The van der Waals surface area contributed by atoms with E-state index in [1.54, 1.807) is 0 Å². The van der Waals surface area contributed by atoms with Crippen molar-refractivity contribution >= 4 is 27.6 Å². The number of carbonyl (C=O) groups excluding carboxylic acids is 1. The molecule has 1 radical (unpaired) electrons. The Morgan fingerprint density at radius 1 is 0.844 bits per heavy atom. The number of aryl methyl sites for hydroxylation is 1. The van der Waals surface area contributed by atoms with E-state index in [2.05, 4.69) is 68.4 Å². The van der Waals surface area contributed by atoms with Crippen molar-refractivity contribution in [2.24, 2.45) is 17.8 Å². The molecule has 7 rings (SSSR count). The average molecular weight is 782 g/mol. The van der Waals surface area contributed by atoms with E-state index in [0.717, 1.165) is 59.6 Å². The molecule has 3 saturated carbocycles. The van der Waals surface area contributed by atoms with E-state index in [-0.39, 0.29) is 45.2 Å². The van der Waals surface area contributed by atoms with Crippen LogP contribution in [0, 0.1) is 30.7 Å². The fourth-order valence-corrected chi connectivity index (χ4v) is 7.42. The molecule has 0 spiro atoms. The molecule has 0 amide bonds. The van der Waals surface area contributed by atoms with Crippen molar-refractivity contribution in [3.63, 3.8) is 0 Å². The molecule has 45 heavy (non-hydrogen) atoms. The maximum atomic E-state index is 11.8. The van der Waals surface area contributed by atoms with Crippen molar-refractivity contribution in [3.8, 4) is 11.3 Å². The Bertz CT molecular complexity index is 1600. The zero-order valence-corrected chi connectivity index (χ0v) is 28.5. The molecule has 1 N–H and O–H groups in total. The number of carbonyl (C=O) groups is 1. The number of ketones is 1. The minimum Gasteiger partial charge on any atom is -0.512 e. The summed E-state index contributed by atoms with van der Waals surface area (Å²) in [6.07, 6.45) is 15.7. The molecule has 241 valence electrons. The molecule has 1 aromatic heterocycles. The standard InChI is InChI=1S/C26H25N2.C13H20O2.CH4.Ir/c1-17-10-12-19(13-11-17)21-14-15-24-25(16-21)27-18(2)26(28-24)23-9-5-7-20-6-3-4-8-22(20)23;14-12(10-5-1-2-6-10)9-13(15)11-7-3-4-8-11;;/h3-8,14-17,19H,10-13H2,1-2H3;9-11,14H,1-8H2;1H4;/q-1;;;. The van der Waals surface area contributed by atoms with E-state index in [0.29, 0.717) is 11.7 Å². The summed E-state index contributed by atoms with van der Waals surface area (Å²) in [5.41, 5.74) is 6.35. The van der Waals surface area contributed by atoms with Gasteiger partial charge in [-0.2, -0.15) is 0 Å². The molecule has 3 aliphatic rings. The Hall–Kier alpha value is -2.88. The summed E-state index contributed by atoms with van der Waals surface area (Å²) in [5, 5.41) is 12.2. The summed E-state index contributed by atoms with van der Waals surface area (Å²) < 4.78 is 0. The summed E-state index contributed by atoms with van der Waals surface area (Å²) in [6.45, 7) is 4.43. The predicted octanol–water partition coefficient (Wildman–Crippen LogP) is 10.9. The van der Waals surface area contributed by atoms with Crippen LogP contribution < -0.4 is 0 Å². The normalized spacial score (nSPS) is 20.7. The number of rotatable bonds is 5. The maximum absolute atomic E-state index is 11.8. The van der Waals surface area contributed by atoms with Gasteiger partial charge in [-0.25, -0.2) is 0 Å². The van der Waals surface area contributed by atoms with Crippen molar-refractivity contribution in [2.45, 2.75) is 104 Å². The van der Waals surface area contributed by atoms with Gasteiger partial charge in [-0.05, 0) is 75.0 Å². The average Bonchev–Trinajstić information content (AvgIpc) is 3.77. The van der Waals surface area contributed by atoms with Gasteiger partial charge in [0.1, 0.15) is 0 Å². The van der Waals surface area contributed by atoms with Crippen LogP contribution in [0.25, 0.3) is 33.1 Å². The second kappa shape index (κ2) is 16.1. The van der Waals surface area contributed by atoms with Crippen molar-refractivity contribution < 1.29 is 30.0 Å². The molecule has 3 fully saturated rings. The smallest absolute Gasteiger partial charge is 0.162 e. The molecule has 3 aromatic carbocycles. The Balaban J connectivity index is 0.000000232. The fraction of sp³-hybridized carbons (Fsp3) is 0.475. The van der Waals surface area contributed by atoms with Gasteiger partial charge in [0.2, 0.25) is 0 Å². The predicted molar refractivity (Wildman–Crippen MR) is 183 cm³/mol. The number of allylic oxidation sites excluding steroid dienone is 2. The third-order valence-corrected chi connectivity index (χ3v) is 10.1. The number of hydrogen-bond donors (Lipinski definition) is 1. The fourth-order valence-electron chi connectivity index (χ4n) is 7.42. The second-order valence-corrected chi connectivity index (χ2v) is 13.2. The first-order valence-corrected chi connectivity index (χ1v) is 16.6. The van der Waals surface area contributed by atoms with Gasteiger partial charge >= 0.3 is 0 Å². The third kappa shape index (κ3) is 8.29. The van der Waals surface area contributed by atoms with Crippen LogP contribution in [0.5, 0.6) is 0 Å². The van der Waals surface area contributed by atoms with E-state index in [1.807, 2.05) is 6.07 Å². The molecule has 0 unspecified atom stereocenters. The minimum absolute atomic E-state index is 0. The summed E-state index contributed by atoms with van der Waals surface area (Å²) in [5.74, 6) is 2.54. The van der Waals surface area contributed by atoms with Crippen LogP contribution in [0.1, 0.15) is 109 Å². The number of hydrogen-bond acceptors (Lipinski definition) is 4. The van der Waals surface area contributed by atoms with Crippen LogP contribution in [0.4, 0.5) is 0 Å². The van der Waals surface area contributed by atoms with E-state index < -0.39 is 0 Å². The van der Waals surface area contributed by atoms with Crippen LogP contribution in [-0.4, -0.2) is 20.9 Å². The van der Waals surface area contributed by atoms with Gasteiger partial charge in [-0.3, -0.25) is 14.8 Å². The van der Waals surface area contributed by atoms with Crippen LogP contribution in [0.3, 0.4) is 0 Å². The largest absolute Gasteiger partial charge is 0.512 e. The first kappa shape index (κ1) is 35.0. The number of aromatic nitrogens is 2. The molecule has 4 aromatic rings. The molecular formula is C40H49IrN2O2-. The van der Waals surface area contributed by atoms with Gasteiger partial charge in [0, 0.05) is 49.4 Å². The topological polar surface area (TPSA) is 63.1 Å². The first-order chi connectivity index (χ1) is 21.0. The molecule has 5 heteroatoms. The Kier molecular flexibility index (Phi) is 12.5. The SMILES string of the molecule is C.Cc1nc2cc(C3CCC(C)CC3)ccc2nc1-c1[c-]ccc2ccccc12.O=C(C=C(O)C1CCCC1)C1CCCC1.[Ir]. The monoisotopic (exact) mass is 782 g/mol. The zero-order valence-electron chi connectivity index (χ0n) is 26.2. The van der Waals surface area contributed by atoms with E-state index in [4.69, 9.17) is 9.97 Å². The quantitative estimate of drug-likeness (QED) is 0.124. The Labute approximate surface area is 283 Å². The van der Waals surface area contributed by atoms with Gasteiger partial charge in [-0.1, -0.05) is 88.6 Å². The van der Waals surface area contributed by atoms with Crippen LogP contribution in [-0.2, 0) is 24.9 Å². The van der Waals surface area contributed by atoms with Crippen LogP contribution in [0.15, 0.2) is 66.4 Å². The summed E-state index contributed by atoms with van der Waals surface area (Å²) in [6, 6.07) is 22.6. The van der Waals surface area contributed by atoms with Gasteiger partial charge in [-0.15, -0.1) is 29.1 Å². The minimum atomic E-state index is 0. The third-order valence-electron chi connectivity index (χ3n) is 10.1. The number of nitrogens with zero attached hydrogens (tertiary/aromatic N) is 2. The Morgan fingerprint density at radius 3 is 2.22 bits per heavy atom. The molecule has 0 aliphatic heterocycles. The second-order valence-electron chi connectivity index (χ2n) is 13.2. The number of aliphatic hydroxyl groups excluding tert-OH is 1. The van der Waals surface area contributed by atoms with Gasteiger partial charge in [0.15, 0.2) is 5.78 Å². The van der Waals surface area contributed by atoms with E-state index >= 15 is 0 Å². The van der Waals surface area contributed by atoms with Gasteiger partial charge < -0.3 is 5.11 Å². The Morgan fingerprint density at radius 2 is 1.51 bits per heavy atom. The van der Waals surface area contributed by atoms with Gasteiger partial charge in [0.25, 0.3) is 0 Å². The molecular weight excluding hydrogens is 733 g/mol. The molecule has 0 bridgehead atoms. The number of aliphatic hydroxyl groups is 1. The van der Waals surface area contributed by atoms with Crippen molar-refractivity contribution in [2.75, 3.05) is 0 Å². The maximum Gasteiger partial charge on any atom is 0.162 e. The van der Waals surface area contributed by atoms with Crippen molar-refractivity contribution in [3.05, 3.63) is 83.8 Å². The summed E-state index contributed by atoms with van der Waals surface area (Å²) >= 11 is 0. The van der Waals surface area contributed by atoms with Crippen molar-refractivity contribution in [1.82, 2.24) is 9.97 Å². The van der Waals surface area contributed by atoms with Crippen LogP contribution in [0.2, 0.25) is 0 Å². The molecule has 4 nitrogen and oxygen atoms in total. The van der Waals surface area contributed by atoms with E-state index in [1.165, 1.54) is 73.8 Å². The van der Waals surface area contributed by atoms with E-state index in [9.17, 15) is 9.90 Å². The van der Waals surface area contributed by atoms with Crippen LogP contribution >= 0.6 is 0 Å². The summed E-state index contributed by atoms with van der Waals surface area (Å²) in [4.78, 5) is 21.7. The zero-order chi connectivity index (χ0) is 29.8. The molecule has 1 heterocycles.